The fourth-order valence-corrected chi connectivity index (χ4v) is 4.56. The zero-order chi connectivity index (χ0) is 13.2. The van der Waals surface area contributed by atoms with E-state index in [1.807, 2.05) is 11.8 Å². The van der Waals surface area contributed by atoms with Crippen molar-refractivity contribution in [1.82, 2.24) is 4.90 Å². The number of carbonyl (C=O) groups is 1. The van der Waals surface area contributed by atoms with Crippen molar-refractivity contribution in [2.75, 3.05) is 18.1 Å². The number of hydrogen-bond donors (Lipinski definition) is 1. The van der Waals surface area contributed by atoms with E-state index in [-0.39, 0.29) is 6.04 Å². The average molecular weight is 271 g/mol. The van der Waals surface area contributed by atoms with Gasteiger partial charge in [-0.05, 0) is 24.7 Å². The maximum atomic E-state index is 11.0. The van der Waals surface area contributed by atoms with Gasteiger partial charge in [-0.25, -0.2) is 0 Å². The Bertz CT molecular complexity index is 306. The average Bonchev–Trinajstić information content (AvgIpc) is 2.27. The van der Waals surface area contributed by atoms with Crippen molar-refractivity contribution < 1.29 is 9.90 Å². The SMILES string of the molecule is CC1(C)CCCC(N2CCSCC2CC(=O)O)C1. The highest BCUT2D eigenvalue weighted by Gasteiger charge is 2.36. The molecule has 2 fully saturated rings. The van der Waals surface area contributed by atoms with Gasteiger partial charge in [0.2, 0.25) is 0 Å². The molecule has 1 saturated carbocycles. The number of carboxylic acids is 1. The van der Waals surface area contributed by atoms with E-state index in [1.165, 1.54) is 25.7 Å². The predicted molar refractivity (Wildman–Crippen MR) is 76.1 cm³/mol. The Hall–Kier alpha value is -0.220. The Labute approximate surface area is 114 Å². The molecule has 0 amide bonds. The quantitative estimate of drug-likeness (QED) is 0.857. The van der Waals surface area contributed by atoms with Crippen LogP contribution in [-0.2, 0) is 4.79 Å². The van der Waals surface area contributed by atoms with Crippen molar-refractivity contribution in [3.05, 3.63) is 0 Å². The van der Waals surface area contributed by atoms with E-state index in [2.05, 4.69) is 18.7 Å². The van der Waals surface area contributed by atoms with Crippen LogP contribution >= 0.6 is 11.8 Å². The third kappa shape index (κ3) is 3.64. The van der Waals surface area contributed by atoms with Crippen LogP contribution in [-0.4, -0.2) is 46.1 Å². The molecule has 2 unspecified atom stereocenters. The number of rotatable bonds is 3. The lowest BCUT2D eigenvalue weighted by Gasteiger charge is -2.46. The summed E-state index contributed by atoms with van der Waals surface area (Å²) in [4.78, 5) is 13.5. The molecule has 2 rings (SSSR count). The second kappa shape index (κ2) is 5.83. The Morgan fingerprint density at radius 1 is 1.50 bits per heavy atom. The van der Waals surface area contributed by atoms with Gasteiger partial charge >= 0.3 is 5.97 Å². The molecule has 0 bridgehead atoms. The van der Waals surface area contributed by atoms with Crippen LogP contribution in [0, 0.1) is 5.41 Å². The Morgan fingerprint density at radius 3 is 2.94 bits per heavy atom. The first kappa shape index (κ1) is 14.2. The molecule has 2 atom stereocenters. The largest absolute Gasteiger partial charge is 0.481 e. The molecule has 3 nitrogen and oxygen atoms in total. The maximum Gasteiger partial charge on any atom is 0.304 e. The van der Waals surface area contributed by atoms with Crippen LogP contribution in [0.4, 0.5) is 0 Å². The monoisotopic (exact) mass is 271 g/mol. The van der Waals surface area contributed by atoms with E-state index in [1.54, 1.807) is 0 Å². The van der Waals surface area contributed by atoms with E-state index >= 15 is 0 Å². The summed E-state index contributed by atoms with van der Waals surface area (Å²) in [6, 6.07) is 0.860. The van der Waals surface area contributed by atoms with Crippen molar-refractivity contribution in [1.29, 1.82) is 0 Å². The summed E-state index contributed by atoms with van der Waals surface area (Å²) in [5, 5.41) is 9.05. The van der Waals surface area contributed by atoms with Gasteiger partial charge in [-0.2, -0.15) is 11.8 Å². The minimum atomic E-state index is -0.650. The Kier molecular flexibility index (Phi) is 4.59. The van der Waals surface area contributed by atoms with Gasteiger partial charge in [-0.1, -0.05) is 20.3 Å². The molecule has 1 aliphatic carbocycles. The second-order valence-electron chi connectivity index (χ2n) is 6.48. The van der Waals surface area contributed by atoms with Crippen LogP contribution in [0.15, 0.2) is 0 Å². The molecule has 1 saturated heterocycles. The van der Waals surface area contributed by atoms with Crippen molar-refractivity contribution in [2.45, 2.75) is 58.0 Å². The maximum absolute atomic E-state index is 11.0. The van der Waals surface area contributed by atoms with Crippen LogP contribution in [0.2, 0.25) is 0 Å². The molecule has 2 aliphatic rings. The fourth-order valence-electron chi connectivity index (χ4n) is 3.47. The third-order valence-electron chi connectivity index (χ3n) is 4.33. The Morgan fingerprint density at radius 2 is 2.28 bits per heavy atom. The lowest BCUT2D eigenvalue weighted by atomic mass is 9.74. The van der Waals surface area contributed by atoms with Gasteiger partial charge in [0.25, 0.3) is 0 Å². The van der Waals surface area contributed by atoms with Gasteiger partial charge in [0.15, 0.2) is 0 Å². The molecule has 1 N–H and O–H groups in total. The molecule has 18 heavy (non-hydrogen) atoms. The van der Waals surface area contributed by atoms with E-state index in [0.717, 1.165) is 18.1 Å². The summed E-state index contributed by atoms with van der Waals surface area (Å²) in [5.41, 5.74) is 0.432. The van der Waals surface area contributed by atoms with Crippen molar-refractivity contribution in [3.63, 3.8) is 0 Å². The molecule has 0 radical (unpaired) electrons. The van der Waals surface area contributed by atoms with E-state index < -0.39 is 5.97 Å². The minimum absolute atomic E-state index is 0.250. The van der Waals surface area contributed by atoms with Crippen molar-refractivity contribution in [2.24, 2.45) is 5.41 Å². The summed E-state index contributed by atoms with van der Waals surface area (Å²) in [7, 11) is 0. The van der Waals surface area contributed by atoms with E-state index in [0.29, 0.717) is 17.9 Å². The Balaban J connectivity index is 2.01. The normalized spacial score (nSPS) is 33.2. The van der Waals surface area contributed by atoms with Crippen LogP contribution in [0.1, 0.15) is 46.0 Å². The first-order chi connectivity index (χ1) is 8.48. The zero-order valence-electron chi connectivity index (χ0n) is 11.5. The molecular formula is C14H25NO2S. The van der Waals surface area contributed by atoms with Crippen LogP contribution < -0.4 is 0 Å². The summed E-state index contributed by atoms with van der Waals surface area (Å²) in [6.07, 6.45) is 5.40. The summed E-state index contributed by atoms with van der Waals surface area (Å²) in [5.74, 6) is 1.50. The lowest BCUT2D eigenvalue weighted by molar-refractivity contribution is -0.138. The number of carboxylic acid groups (broad SMARTS) is 1. The molecule has 1 aliphatic heterocycles. The first-order valence-corrected chi connectivity index (χ1v) is 8.19. The number of aliphatic carboxylic acids is 1. The van der Waals surface area contributed by atoms with Crippen molar-refractivity contribution in [3.8, 4) is 0 Å². The van der Waals surface area contributed by atoms with Gasteiger partial charge in [0, 0.05) is 30.1 Å². The summed E-state index contributed by atoms with van der Waals surface area (Å²) < 4.78 is 0. The van der Waals surface area contributed by atoms with E-state index in [4.69, 9.17) is 5.11 Å². The smallest absolute Gasteiger partial charge is 0.304 e. The zero-order valence-corrected chi connectivity index (χ0v) is 12.3. The van der Waals surface area contributed by atoms with Crippen LogP contribution in [0.5, 0.6) is 0 Å². The minimum Gasteiger partial charge on any atom is -0.481 e. The molecular weight excluding hydrogens is 246 g/mol. The van der Waals surface area contributed by atoms with Crippen LogP contribution in [0.3, 0.4) is 0 Å². The lowest BCUT2D eigenvalue weighted by Crippen LogP contribution is -2.51. The van der Waals surface area contributed by atoms with E-state index in [9.17, 15) is 4.79 Å². The molecule has 104 valence electrons. The third-order valence-corrected chi connectivity index (χ3v) is 5.42. The predicted octanol–water partition coefficient (Wildman–Crippen LogP) is 2.85. The topological polar surface area (TPSA) is 40.5 Å². The number of nitrogens with zero attached hydrogens (tertiary/aromatic N) is 1. The van der Waals surface area contributed by atoms with Gasteiger partial charge in [-0.3, -0.25) is 9.69 Å². The second-order valence-corrected chi connectivity index (χ2v) is 7.63. The first-order valence-electron chi connectivity index (χ1n) is 7.03. The van der Waals surface area contributed by atoms with Gasteiger partial charge < -0.3 is 5.11 Å². The summed E-state index contributed by atoms with van der Waals surface area (Å²) in [6.45, 7) is 5.78. The molecule has 0 aromatic carbocycles. The fraction of sp³-hybridized carbons (Fsp3) is 0.929. The molecule has 1 heterocycles. The summed E-state index contributed by atoms with van der Waals surface area (Å²) >= 11 is 1.91. The van der Waals surface area contributed by atoms with Crippen LogP contribution in [0.25, 0.3) is 0 Å². The van der Waals surface area contributed by atoms with Gasteiger partial charge in [0.1, 0.15) is 0 Å². The van der Waals surface area contributed by atoms with Gasteiger partial charge in [0.05, 0.1) is 6.42 Å². The number of hydrogen-bond acceptors (Lipinski definition) is 3. The molecule has 4 heteroatoms. The van der Waals surface area contributed by atoms with Crippen molar-refractivity contribution >= 4 is 17.7 Å². The highest BCUT2D eigenvalue weighted by atomic mass is 32.2. The highest BCUT2D eigenvalue weighted by Crippen LogP contribution is 2.39. The molecule has 0 aromatic heterocycles. The van der Waals surface area contributed by atoms with Gasteiger partial charge in [-0.15, -0.1) is 0 Å². The molecule has 0 spiro atoms. The molecule has 0 aromatic rings. The highest BCUT2D eigenvalue weighted by molar-refractivity contribution is 7.99. The standard InChI is InChI=1S/C14H25NO2S/c1-14(2)5-3-4-11(9-14)15-6-7-18-10-12(15)8-13(16)17/h11-12H,3-10H2,1-2H3,(H,16,17). The number of thioether (sulfide) groups is 1.